The van der Waals surface area contributed by atoms with E-state index in [4.69, 9.17) is 62.8 Å². The van der Waals surface area contributed by atoms with Gasteiger partial charge in [-0.1, -0.05) is 12.2 Å². The third kappa shape index (κ3) is 6.92. The van der Waals surface area contributed by atoms with Crippen LogP contribution in [-0.2, 0) is 28.4 Å². The maximum atomic E-state index is 11.1. The summed E-state index contributed by atoms with van der Waals surface area (Å²) in [6.07, 6.45) is -11.8. The SMILES string of the molecule is CC(N)C1C=CC(N)C(OC2C(N)CC(N)C(O)C2OC2OC(CO)C(OC3OC(CN)C(O)C(O)C3N)C2O)O1. The van der Waals surface area contributed by atoms with Crippen LogP contribution in [0.5, 0.6) is 0 Å². The molecule has 18 unspecified atom stereocenters. The Balaban J connectivity index is 1.49. The van der Waals surface area contributed by atoms with E-state index in [1.807, 2.05) is 0 Å². The maximum Gasteiger partial charge on any atom is 0.187 e. The van der Waals surface area contributed by atoms with Crippen molar-refractivity contribution in [1.29, 1.82) is 0 Å². The van der Waals surface area contributed by atoms with Crippen molar-refractivity contribution in [3.63, 3.8) is 0 Å². The first-order chi connectivity index (χ1) is 19.4. The van der Waals surface area contributed by atoms with Crippen LogP contribution in [0.1, 0.15) is 13.3 Å². The number of aliphatic hydroxyl groups excluding tert-OH is 5. The first-order valence-electron chi connectivity index (χ1n) is 13.8. The normalized spacial score (nSPS) is 51.6. The summed E-state index contributed by atoms with van der Waals surface area (Å²) in [5.74, 6) is 0. The Hall–Kier alpha value is -0.940. The Labute approximate surface area is 237 Å². The lowest BCUT2D eigenvalue weighted by Crippen LogP contribution is -2.65. The van der Waals surface area contributed by atoms with Gasteiger partial charge in [0.05, 0.1) is 30.9 Å². The number of hydrogen-bond acceptors (Lipinski definition) is 17. The molecule has 4 rings (SSSR count). The van der Waals surface area contributed by atoms with E-state index in [2.05, 4.69) is 0 Å². The van der Waals surface area contributed by atoms with Crippen molar-refractivity contribution in [2.24, 2.45) is 34.4 Å². The van der Waals surface area contributed by atoms with E-state index in [1.54, 1.807) is 19.1 Å². The van der Waals surface area contributed by atoms with E-state index in [-0.39, 0.29) is 19.0 Å². The van der Waals surface area contributed by atoms with Crippen molar-refractivity contribution >= 4 is 0 Å². The Morgan fingerprint density at radius 2 is 1.39 bits per heavy atom. The van der Waals surface area contributed by atoms with Gasteiger partial charge in [0.2, 0.25) is 0 Å². The van der Waals surface area contributed by atoms with Crippen molar-refractivity contribution in [2.75, 3.05) is 13.2 Å². The molecular weight excluding hydrogens is 548 g/mol. The van der Waals surface area contributed by atoms with Crippen LogP contribution in [0.4, 0.5) is 0 Å². The molecule has 18 atom stereocenters. The van der Waals surface area contributed by atoms with Gasteiger partial charge in [0.15, 0.2) is 18.9 Å². The van der Waals surface area contributed by atoms with Crippen LogP contribution < -0.4 is 34.4 Å². The van der Waals surface area contributed by atoms with Gasteiger partial charge in [-0.2, -0.15) is 0 Å². The predicted molar refractivity (Wildman–Crippen MR) is 140 cm³/mol. The summed E-state index contributed by atoms with van der Waals surface area (Å²) in [6, 6.07) is -3.73. The number of ether oxygens (including phenoxy) is 6. The van der Waals surface area contributed by atoms with Gasteiger partial charge in [-0.25, -0.2) is 0 Å². The Morgan fingerprint density at radius 3 is 2.02 bits per heavy atom. The second-order valence-electron chi connectivity index (χ2n) is 11.2. The zero-order valence-electron chi connectivity index (χ0n) is 22.8. The van der Waals surface area contributed by atoms with Crippen molar-refractivity contribution in [2.45, 2.75) is 123 Å². The quantitative estimate of drug-likeness (QED) is 0.110. The molecule has 0 aromatic carbocycles. The fraction of sp³-hybridized carbons (Fsp3) is 0.917. The van der Waals surface area contributed by atoms with Crippen LogP contribution in [0.15, 0.2) is 12.2 Å². The summed E-state index contributed by atoms with van der Waals surface area (Å²) in [5.41, 5.74) is 36.2. The maximum absolute atomic E-state index is 11.1. The van der Waals surface area contributed by atoms with Crippen LogP contribution in [0.3, 0.4) is 0 Å². The largest absolute Gasteiger partial charge is 0.394 e. The topological polar surface area (TPSA) is 313 Å². The third-order valence-corrected chi connectivity index (χ3v) is 8.04. The van der Waals surface area contributed by atoms with Crippen molar-refractivity contribution < 1.29 is 54.0 Å². The molecule has 2 saturated heterocycles. The number of hydrogen-bond donors (Lipinski definition) is 11. The van der Waals surface area contributed by atoms with Gasteiger partial charge in [0.1, 0.15) is 48.8 Å². The van der Waals surface area contributed by atoms with Crippen molar-refractivity contribution in [3.8, 4) is 0 Å². The molecule has 41 heavy (non-hydrogen) atoms. The fourth-order valence-electron chi connectivity index (χ4n) is 5.51. The summed E-state index contributed by atoms with van der Waals surface area (Å²) in [4.78, 5) is 0. The van der Waals surface area contributed by atoms with E-state index in [0.29, 0.717) is 0 Å². The number of aliphatic hydroxyl groups is 5. The molecular formula is C24H46N6O11. The van der Waals surface area contributed by atoms with Crippen LogP contribution in [0.25, 0.3) is 0 Å². The lowest BCUT2D eigenvalue weighted by molar-refractivity contribution is -0.284. The van der Waals surface area contributed by atoms with E-state index in [9.17, 15) is 25.5 Å². The lowest BCUT2D eigenvalue weighted by Gasteiger charge is -2.45. The van der Waals surface area contributed by atoms with Crippen molar-refractivity contribution in [3.05, 3.63) is 12.2 Å². The molecule has 0 radical (unpaired) electrons. The number of rotatable bonds is 9. The molecule has 0 bridgehead atoms. The van der Waals surface area contributed by atoms with Gasteiger partial charge in [-0.05, 0) is 13.3 Å². The average molecular weight is 595 g/mol. The molecule has 17 N–H and O–H groups in total. The highest BCUT2D eigenvalue weighted by Gasteiger charge is 2.53. The molecule has 0 amide bonds. The monoisotopic (exact) mass is 594 g/mol. The second kappa shape index (κ2) is 13.8. The number of nitrogens with two attached hydrogens (primary N) is 6. The van der Waals surface area contributed by atoms with Gasteiger partial charge in [0.25, 0.3) is 0 Å². The summed E-state index contributed by atoms with van der Waals surface area (Å²) < 4.78 is 35.2. The smallest absolute Gasteiger partial charge is 0.187 e. The standard InChI is InChI=1S/C24H46N6O11/c1-7(26)11-3-2-8(27)22(36-11)39-19-10(29)4-9(28)15(32)21(19)41-24-18(35)20(13(6-31)38-24)40-23-14(30)17(34)16(33)12(5-25)37-23/h2-3,7-24,31-35H,4-6,25-30H2,1H3. The summed E-state index contributed by atoms with van der Waals surface area (Å²) in [6.45, 7) is 1.03. The Morgan fingerprint density at radius 1 is 0.756 bits per heavy atom. The van der Waals surface area contributed by atoms with E-state index in [1.165, 1.54) is 0 Å². The highest BCUT2D eigenvalue weighted by atomic mass is 16.8. The highest BCUT2D eigenvalue weighted by molar-refractivity contribution is 5.06. The molecule has 3 fully saturated rings. The summed E-state index contributed by atoms with van der Waals surface area (Å²) in [7, 11) is 0. The van der Waals surface area contributed by atoms with Crippen LogP contribution in [0, 0.1) is 0 Å². The van der Waals surface area contributed by atoms with E-state index >= 15 is 0 Å². The summed E-state index contributed by atoms with van der Waals surface area (Å²) >= 11 is 0. The minimum absolute atomic E-state index is 0.139. The molecule has 3 heterocycles. The van der Waals surface area contributed by atoms with Crippen LogP contribution in [0.2, 0.25) is 0 Å². The zero-order valence-corrected chi connectivity index (χ0v) is 22.8. The van der Waals surface area contributed by atoms with Crippen LogP contribution >= 0.6 is 0 Å². The van der Waals surface area contributed by atoms with Crippen molar-refractivity contribution in [1.82, 2.24) is 0 Å². The molecule has 1 aliphatic carbocycles. The molecule has 0 aromatic heterocycles. The predicted octanol–water partition coefficient (Wildman–Crippen LogP) is -6.67. The summed E-state index contributed by atoms with van der Waals surface area (Å²) in [5, 5.41) is 52.5. The van der Waals surface area contributed by atoms with Gasteiger partial charge in [-0.15, -0.1) is 0 Å². The Bertz CT molecular complexity index is 876. The second-order valence-corrected chi connectivity index (χ2v) is 11.2. The lowest BCUT2D eigenvalue weighted by atomic mass is 9.84. The minimum Gasteiger partial charge on any atom is -0.394 e. The highest BCUT2D eigenvalue weighted by Crippen LogP contribution is 2.33. The first-order valence-corrected chi connectivity index (χ1v) is 13.8. The molecule has 1 saturated carbocycles. The van der Waals surface area contributed by atoms with Gasteiger partial charge in [-0.3, -0.25) is 0 Å². The minimum atomic E-state index is -1.54. The molecule has 238 valence electrons. The van der Waals surface area contributed by atoms with E-state index < -0.39 is 111 Å². The molecule has 3 aliphatic heterocycles. The Kier molecular flexibility index (Phi) is 11.1. The van der Waals surface area contributed by atoms with Crippen LogP contribution in [-0.4, -0.2) is 149 Å². The van der Waals surface area contributed by atoms with Gasteiger partial charge >= 0.3 is 0 Å². The fourth-order valence-corrected chi connectivity index (χ4v) is 5.51. The van der Waals surface area contributed by atoms with Gasteiger partial charge in [0, 0.05) is 24.7 Å². The molecule has 0 spiro atoms. The molecule has 17 nitrogen and oxygen atoms in total. The molecule has 4 aliphatic rings. The first kappa shape index (κ1) is 33.0. The zero-order chi connectivity index (χ0) is 30.2. The van der Waals surface area contributed by atoms with Gasteiger partial charge < -0.3 is 88.4 Å². The average Bonchev–Trinajstić information content (AvgIpc) is 3.23. The third-order valence-electron chi connectivity index (χ3n) is 8.04. The molecule has 17 heteroatoms. The molecule has 0 aromatic rings. The van der Waals surface area contributed by atoms with E-state index in [0.717, 1.165) is 0 Å².